The summed E-state index contributed by atoms with van der Waals surface area (Å²) in [6.07, 6.45) is -4.80. The fraction of sp³-hybridized carbons (Fsp3) is 0.297. The number of carbonyl (C=O) groups excluding carboxylic acids is 2. The molecule has 0 fully saturated rings. The van der Waals surface area contributed by atoms with Crippen LogP contribution in [0.1, 0.15) is 41.7 Å². The van der Waals surface area contributed by atoms with Crippen molar-refractivity contribution in [2.75, 3.05) is 17.4 Å². The Kier molecular flexibility index (Phi) is 12.2. The minimum Gasteiger partial charge on any atom is -0.354 e. The van der Waals surface area contributed by atoms with Gasteiger partial charge in [0, 0.05) is 19.5 Å². The average molecular weight is 714 g/mol. The second-order valence-electron chi connectivity index (χ2n) is 12.3. The van der Waals surface area contributed by atoms with E-state index in [9.17, 15) is 31.2 Å². The Hall–Kier alpha value is -4.35. The van der Waals surface area contributed by atoms with Crippen molar-refractivity contribution in [3.8, 4) is 0 Å². The van der Waals surface area contributed by atoms with Gasteiger partial charge in [0.05, 0.1) is 21.2 Å². The van der Waals surface area contributed by atoms with Crippen LogP contribution in [0.4, 0.5) is 18.9 Å². The largest absolute Gasteiger partial charge is 0.417 e. The molecule has 0 saturated heterocycles. The van der Waals surface area contributed by atoms with Crippen LogP contribution >= 0.6 is 11.6 Å². The molecule has 0 spiro atoms. The van der Waals surface area contributed by atoms with Gasteiger partial charge in [-0.05, 0) is 66.8 Å². The summed E-state index contributed by atoms with van der Waals surface area (Å²) in [6.45, 7) is 6.83. The summed E-state index contributed by atoms with van der Waals surface area (Å²) in [6, 6.07) is 23.7. The Morgan fingerprint density at radius 3 is 2.12 bits per heavy atom. The fourth-order valence-electron chi connectivity index (χ4n) is 5.20. The predicted molar refractivity (Wildman–Crippen MR) is 186 cm³/mol. The molecule has 7 nitrogen and oxygen atoms in total. The standard InChI is InChI=1S/C37H39ClF3N3O4S/c1-25(2)22-42-36(46)34(20-28-11-6-5-7-12-28)43(23-29-13-9-8-10-27(29)4)35(45)24-44(49(47,48)31-17-14-26(3)15-18-31)30-16-19-33(38)32(21-30)37(39,40)41/h5-19,21,25,34H,20,22-24H2,1-4H3,(H,42,46)/t34-/m1/s1. The third-order valence-corrected chi connectivity index (χ3v) is 10.1. The first kappa shape index (κ1) is 37.5. The van der Waals surface area contributed by atoms with Crippen molar-refractivity contribution in [2.45, 2.75) is 57.8 Å². The number of amides is 2. The molecule has 1 atom stereocenters. The van der Waals surface area contributed by atoms with E-state index < -0.39 is 56.9 Å². The molecule has 12 heteroatoms. The predicted octanol–water partition coefficient (Wildman–Crippen LogP) is 7.58. The first-order chi connectivity index (χ1) is 23.1. The van der Waals surface area contributed by atoms with Crippen molar-refractivity contribution < 1.29 is 31.2 Å². The second-order valence-corrected chi connectivity index (χ2v) is 14.5. The molecule has 2 amide bonds. The molecule has 0 saturated carbocycles. The van der Waals surface area contributed by atoms with Crippen LogP contribution in [-0.2, 0) is 38.8 Å². The summed E-state index contributed by atoms with van der Waals surface area (Å²) in [5.41, 5.74) is 1.39. The number of sulfonamides is 1. The number of nitrogens with one attached hydrogen (secondary N) is 1. The van der Waals surface area contributed by atoms with Gasteiger partial charge in [-0.1, -0.05) is 97.7 Å². The summed E-state index contributed by atoms with van der Waals surface area (Å²) in [5.74, 6) is -1.13. The second kappa shape index (κ2) is 15.9. The van der Waals surface area contributed by atoms with Gasteiger partial charge in [0.15, 0.2) is 0 Å². The SMILES string of the molecule is Cc1ccc(S(=O)(=O)N(CC(=O)N(Cc2ccccc2C)[C@H](Cc2ccccc2)C(=O)NCC(C)C)c2ccc(Cl)c(C(F)(F)F)c2)cc1. The van der Waals surface area contributed by atoms with Gasteiger partial charge in [-0.25, -0.2) is 8.42 Å². The Morgan fingerprint density at radius 2 is 1.51 bits per heavy atom. The summed E-state index contributed by atoms with van der Waals surface area (Å²) in [5, 5.41) is 2.29. The molecule has 0 radical (unpaired) electrons. The van der Waals surface area contributed by atoms with Crippen molar-refractivity contribution in [3.63, 3.8) is 0 Å². The molecule has 0 unspecified atom stereocenters. The number of nitrogens with zero attached hydrogens (tertiary/aromatic N) is 2. The highest BCUT2D eigenvalue weighted by Gasteiger charge is 2.37. The Bertz CT molecular complexity index is 1870. The van der Waals surface area contributed by atoms with Gasteiger partial charge in [-0.3, -0.25) is 13.9 Å². The van der Waals surface area contributed by atoms with E-state index >= 15 is 0 Å². The quantitative estimate of drug-likeness (QED) is 0.155. The van der Waals surface area contributed by atoms with Crippen LogP contribution in [-0.4, -0.2) is 44.3 Å². The van der Waals surface area contributed by atoms with Crippen LogP contribution in [0, 0.1) is 19.8 Å². The first-order valence-electron chi connectivity index (χ1n) is 15.7. The number of halogens is 4. The van der Waals surface area contributed by atoms with Gasteiger partial charge < -0.3 is 10.2 Å². The number of rotatable bonds is 13. The van der Waals surface area contributed by atoms with Crippen molar-refractivity contribution in [3.05, 3.63) is 130 Å². The lowest BCUT2D eigenvalue weighted by molar-refractivity contribution is -0.140. The molecule has 0 aromatic heterocycles. The van der Waals surface area contributed by atoms with Crippen LogP contribution in [0.3, 0.4) is 0 Å². The minimum absolute atomic E-state index is 0.0645. The van der Waals surface area contributed by atoms with E-state index in [0.29, 0.717) is 22.5 Å². The number of alkyl halides is 3. The zero-order valence-corrected chi connectivity index (χ0v) is 29.2. The molecule has 0 aliphatic heterocycles. The first-order valence-corrected chi connectivity index (χ1v) is 17.5. The summed E-state index contributed by atoms with van der Waals surface area (Å²) >= 11 is 5.89. The lowest BCUT2D eigenvalue weighted by atomic mass is 10.0. The molecule has 0 bridgehead atoms. The zero-order valence-electron chi connectivity index (χ0n) is 27.7. The van der Waals surface area contributed by atoms with E-state index in [1.165, 1.54) is 17.0 Å². The number of anilines is 1. The average Bonchev–Trinajstić information content (AvgIpc) is 3.05. The number of aryl methyl sites for hydroxylation is 2. The maximum absolute atomic E-state index is 14.6. The van der Waals surface area contributed by atoms with Crippen molar-refractivity contribution in [1.82, 2.24) is 10.2 Å². The topological polar surface area (TPSA) is 86.8 Å². The zero-order chi connectivity index (χ0) is 35.9. The molecule has 4 aromatic rings. The van der Waals surface area contributed by atoms with Gasteiger partial charge in [-0.15, -0.1) is 0 Å². The molecule has 0 heterocycles. The van der Waals surface area contributed by atoms with Crippen molar-refractivity contribution in [2.24, 2.45) is 5.92 Å². The molecule has 4 aromatic carbocycles. The lowest BCUT2D eigenvalue weighted by Crippen LogP contribution is -2.53. The molecule has 0 aliphatic rings. The number of carbonyl (C=O) groups is 2. The highest BCUT2D eigenvalue weighted by Crippen LogP contribution is 2.38. The third-order valence-electron chi connectivity index (χ3n) is 7.99. The molecule has 49 heavy (non-hydrogen) atoms. The van der Waals surface area contributed by atoms with Gasteiger partial charge in [-0.2, -0.15) is 13.2 Å². The summed E-state index contributed by atoms with van der Waals surface area (Å²) < 4.78 is 71.0. The lowest BCUT2D eigenvalue weighted by Gasteiger charge is -2.34. The number of hydrogen-bond donors (Lipinski definition) is 1. The van der Waals surface area contributed by atoms with Crippen LogP contribution < -0.4 is 9.62 Å². The smallest absolute Gasteiger partial charge is 0.354 e. The monoisotopic (exact) mass is 713 g/mol. The molecular formula is C37H39ClF3N3O4S. The number of benzene rings is 4. The van der Waals surface area contributed by atoms with Crippen LogP contribution in [0.25, 0.3) is 0 Å². The Morgan fingerprint density at radius 1 is 0.878 bits per heavy atom. The van der Waals surface area contributed by atoms with Crippen molar-refractivity contribution in [1.29, 1.82) is 0 Å². The molecule has 1 N–H and O–H groups in total. The highest BCUT2D eigenvalue weighted by atomic mass is 35.5. The summed E-state index contributed by atoms with van der Waals surface area (Å²) in [4.78, 5) is 29.6. The molecule has 0 aliphatic carbocycles. The maximum atomic E-state index is 14.6. The van der Waals surface area contributed by atoms with Crippen LogP contribution in [0.5, 0.6) is 0 Å². The van der Waals surface area contributed by atoms with Gasteiger partial charge in [0.1, 0.15) is 12.6 Å². The highest BCUT2D eigenvalue weighted by molar-refractivity contribution is 7.92. The fourth-order valence-corrected chi connectivity index (χ4v) is 6.83. The molecular weight excluding hydrogens is 675 g/mol. The normalized spacial score (nSPS) is 12.4. The summed E-state index contributed by atoms with van der Waals surface area (Å²) in [7, 11) is -4.61. The van der Waals surface area contributed by atoms with Gasteiger partial charge >= 0.3 is 6.18 Å². The Balaban J connectivity index is 1.87. The van der Waals surface area contributed by atoms with Crippen LogP contribution in [0.15, 0.2) is 102 Å². The van der Waals surface area contributed by atoms with E-state index in [1.54, 1.807) is 43.3 Å². The van der Waals surface area contributed by atoms with E-state index in [4.69, 9.17) is 11.6 Å². The number of hydrogen-bond acceptors (Lipinski definition) is 4. The van der Waals surface area contributed by atoms with Gasteiger partial charge in [0.25, 0.3) is 10.0 Å². The Labute approximate surface area is 290 Å². The van der Waals surface area contributed by atoms with E-state index in [2.05, 4.69) is 5.32 Å². The van der Waals surface area contributed by atoms with E-state index in [1.807, 2.05) is 51.1 Å². The van der Waals surface area contributed by atoms with E-state index in [-0.39, 0.29) is 23.8 Å². The third kappa shape index (κ3) is 9.64. The van der Waals surface area contributed by atoms with Gasteiger partial charge in [0.2, 0.25) is 11.8 Å². The molecule has 4 rings (SSSR count). The van der Waals surface area contributed by atoms with Crippen LogP contribution in [0.2, 0.25) is 5.02 Å². The van der Waals surface area contributed by atoms with Crippen molar-refractivity contribution >= 4 is 39.1 Å². The maximum Gasteiger partial charge on any atom is 0.417 e. The van der Waals surface area contributed by atoms with E-state index in [0.717, 1.165) is 28.8 Å². The molecule has 260 valence electrons. The minimum atomic E-state index is -4.90.